The van der Waals surface area contributed by atoms with E-state index >= 15 is 0 Å². The molecule has 0 radical (unpaired) electrons. The predicted octanol–water partition coefficient (Wildman–Crippen LogP) is 4.15. The fraction of sp³-hybridized carbons (Fsp3) is 0.385. The molecule has 6 heteroatoms. The van der Waals surface area contributed by atoms with Crippen LogP contribution in [0.3, 0.4) is 0 Å². The van der Waals surface area contributed by atoms with E-state index in [0.29, 0.717) is 0 Å². The molecule has 0 heterocycles. The van der Waals surface area contributed by atoms with Gasteiger partial charge in [0.05, 0.1) is 0 Å². The zero-order valence-electron chi connectivity index (χ0n) is 9.95. The molecule has 0 saturated heterocycles. The Morgan fingerprint density at radius 1 is 0.895 bits per heavy atom. The van der Waals surface area contributed by atoms with Gasteiger partial charge in [-0.3, -0.25) is 0 Å². The minimum Gasteiger partial charge on any atom is -0.380 e. The summed E-state index contributed by atoms with van der Waals surface area (Å²) < 4.78 is 65.5. The van der Waals surface area contributed by atoms with Crippen molar-refractivity contribution in [2.45, 2.75) is 19.3 Å². The molecule has 0 bridgehead atoms. The quantitative estimate of drug-likeness (QED) is 0.379. The van der Waals surface area contributed by atoms with Gasteiger partial charge in [0.2, 0.25) is 5.82 Å². The van der Waals surface area contributed by atoms with Gasteiger partial charge >= 0.3 is 0 Å². The first kappa shape index (κ1) is 13.8. The van der Waals surface area contributed by atoms with E-state index in [9.17, 15) is 22.0 Å². The Labute approximate surface area is 107 Å². The lowest BCUT2D eigenvalue weighted by atomic mass is 9.94. The van der Waals surface area contributed by atoms with Crippen LogP contribution < -0.4 is 5.32 Å². The van der Waals surface area contributed by atoms with Gasteiger partial charge in [-0.25, -0.2) is 22.0 Å². The van der Waals surface area contributed by atoms with Crippen molar-refractivity contribution < 1.29 is 22.0 Å². The third-order valence-corrected chi connectivity index (χ3v) is 3.15. The number of hydrogen-bond donors (Lipinski definition) is 1. The number of nitrogens with one attached hydrogen (secondary N) is 1. The molecular formula is C13H12F5N. The lowest BCUT2D eigenvalue weighted by molar-refractivity contribution is 0.380. The molecule has 0 spiro atoms. The fourth-order valence-corrected chi connectivity index (χ4v) is 2.05. The van der Waals surface area contributed by atoms with Gasteiger partial charge in [0.1, 0.15) is 5.69 Å². The average Bonchev–Trinajstić information content (AvgIpc) is 2.44. The zero-order chi connectivity index (χ0) is 14.0. The van der Waals surface area contributed by atoms with Gasteiger partial charge in [-0.1, -0.05) is 12.2 Å². The van der Waals surface area contributed by atoms with E-state index in [1.807, 2.05) is 12.2 Å². The summed E-state index contributed by atoms with van der Waals surface area (Å²) in [6.45, 7) is 0.169. The molecule has 1 aromatic rings. The summed E-state index contributed by atoms with van der Waals surface area (Å²) in [6.07, 6.45) is 6.33. The van der Waals surface area contributed by atoms with E-state index in [1.165, 1.54) is 0 Å². The highest BCUT2D eigenvalue weighted by atomic mass is 19.2. The Bertz CT molecular complexity index is 483. The Kier molecular flexibility index (Phi) is 4.07. The van der Waals surface area contributed by atoms with Crippen molar-refractivity contribution in [2.75, 3.05) is 11.9 Å². The summed E-state index contributed by atoms with van der Waals surface area (Å²) in [5.74, 6) is -9.50. The first-order valence-electron chi connectivity index (χ1n) is 5.92. The molecule has 1 unspecified atom stereocenters. The Morgan fingerprint density at radius 2 is 1.47 bits per heavy atom. The van der Waals surface area contributed by atoms with Crippen LogP contribution in [0.25, 0.3) is 0 Å². The van der Waals surface area contributed by atoms with E-state index in [1.54, 1.807) is 0 Å². The minimum atomic E-state index is -2.14. The summed E-state index contributed by atoms with van der Waals surface area (Å²) >= 11 is 0. The first-order chi connectivity index (χ1) is 9.02. The van der Waals surface area contributed by atoms with Gasteiger partial charge in [-0.05, 0) is 25.2 Å². The Balaban J connectivity index is 2.18. The van der Waals surface area contributed by atoms with E-state index in [4.69, 9.17) is 0 Å². The van der Waals surface area contributed by atoms with Crippen LogP contribution in [-0.4, -0.2) is 6.54 Å². The van der Waals surface area contributed by atoms with Crippen molar-refractivity contribution in [1.82, 2.24) is 0 Å². The van der Waals surface area contributed by atoms with Crippen molar-refractivity contribution in [3.05, 3.63) is 41.2 Å². The smallest absolute Gasteiger partial charge is 0.200 e. The maximum atomic E-state index is 13.4. The van der Waals surface area contributed by atoms with Crippen molar-refractivity contribution in [3.63, 3.8) is 0 Å². The summed E-state index contributed by atoms with van der Waals surface area (Å²) in [6, 6.07) is 0. The highest BCUT2D eigenvalue weighted by molar-refractivity contribution is 5.47. The molecule has 104 valence electrons. The van der Waals surface area contributed by atoms with Crippen LogP contribution >= 0.6 is 0 Å². The molecule has 1 nitrogen and oxygen atoms in total. The Hall–Kier alpha value is -1.59. The topological polar surface area (TPSA) is 12.0 Å². The average molecular weight is 277 g/mol. The molecule has 1 aliphatic rings. The van der Waals surface area contributed by atoms with Crippen LogP contribution in [0.5, 0.6) is 0 Å². The monoisotopic (exact) mass is 277 g/mol. The predicted molar refractivity (Wildman–Crippen MR) is 61.2 cm³/mol. The summed E-state index contributed by atoms with van der Waals surface area (Å²) in [5.41, 5.74) is -0.953. The number of benzene rings is 1. The highest BCUT2D eigenvalue weighted by Gasteiger charge is 2.26. The van der Waals surface area contributed by atoms with Crippen LogP contribution in [0.15, 0.2) is 12.2 Å². The van der Waals surface area contributed by atoms with Crippen LogP contribution in [0.1, 0.15) is 19.3 Å². The van der Waals surface area contributed by atoms with Crippen LogP contribution in [0.2, 0.25) is 0 Å². The van der Waals surface area contributed by atoms with Crippen LogP contribution in [0, 0.1) is 35.0 Å². The molecular weight excluding hydrogens is 265 g/mol. The normalized spacial score (nSPS) is 18.7. The lowest BCUT2D eigenvalue weighted by Gasteiger charge is -2.19. The van der Waals surface area contributed by atoms with Gasteiger partial charge < -0.3 is 5.32 Å². The molecule has 1 aromatic carbocycles. The van der Waals surface area contributed by atoms with E-state index < -0.39 is 34.8 Å². The van der Waals surface area contributed by atoms with Gasteiger partial charge in [-0.15, -0.1) is 0 Å². The fourth-order valence-electron chi connectivity index (χ4n) is 2.05. The number of rotatable bonds is 3. The van der Waals surface area contributed by atoms with Crippen LogP contribution in [0.4, 0.5) is 27.6 Å². The van der Waals surface area contributed by atoms with Crippen molar-refractivity contribution in [3.8, 4) is 0 Å². The van der Waals surface area contributed by atoms with Crippen molar-refractivity contribution >= 4 is 5.69 Å². The van der Waals surface area contributed by atoms with Gasteiger partial charge in [-0.2, -0.15) is 0 Å². The van der Waals surface area contributed by atoms with Crippen molar-refractivity contribution in [2.24, 2.45) is 5.92 Å². The molecule has 0 fully saturated rings. The standard InChI is InChI=1S/C13H12F5N/c14-8-9(15)11(17)13(12(18)10(8)16)19-6-7-4-2-1-3-5-7/h1-2,7,19H,3-6H2. The van der Waals surface area contributed by atoms with E-state index in [0.717, 1.165) is 19.3 Å². The van der Waals surface area contributed by atoms with Crippen LogP contribution in [-0.2, 0) is 0 Å². The van der Waals surface area contributed by atoms with E-state index in [2.05, 4.69) is 5.32 Å². The lowest BCUT2D eigenvalue weighted by Crippen LogP contribution is -2.18. The zero-order valence-corrected chi connectivity index (χ0v) is 9.95. The van der Waals surface area contributed by atoms with Gasteiger partial charge in [0, 0.05) is 6.54 Å². The maximum Gasteiger partial charge on any atom is 0.200 e. The SMILES string of the molecule is Fc1c(F)c(F)c(NCC2CC=CCC2)c(F)c1F. The minimum absolute atomic E-state index is 0.125. The molecule has 1 aliphatic carbocycles. The van der Waals surface area contributed by atoms with E-state index in [-0.39, 0.29) is 12.5 Å². The Morgan fingerprint density at radius 3 is 2.00 bits per heavy atom. The maximum absolute atomic E-state index is 13.4. The molecule has 1 atom stereocenters. The van der Waals surface area contributed by atoms with Crippen molar-refractivity contribution in [1.29, 1.82) is 0 Å². The second-order valence-electron chi connectivity index (χ2n) is 4.48. The molecule has 19 heavy (non-hydrogen) atoms. The molecule has 0 aromatic heterocycles. The second kappa shape index (κ2) is 5.59. The molecule has 2 rings (SSSR count). The number of halogens is 5. The summed E-state index contributed by atoms with van der Waals surface area (Å²) in [4.78, 5) is 0. The largest absolute Gasteiger partial charge is 0.380 e. The summed E-state index contributed by atoms with van der Waals surface area (Å²) in [5, 5.41) is 2.33. The van der Waals surface area contributed by atoms with Gasteiger partial charge in [0.15, 0.2) is 23.3 Å². The third-order valence-electron chi connectivity index (χ3n) is 3.15. The third kappa shape index (κ3) is 2.72. The number of anilines is 1. The number of allylic oxidation sites excluding steroid dienone is 2. The molecule has 0 saturated carbocycles. The molecule has 0 aliphatic heterocycles. The number of hydrogen-bond acceptors (Lipinski definition) is 1. The highest BCUT2D eigenvalue weighted by Crippen LogP contribution is 2.28. The molecule has 0 amide bonds. The first-order valence-corrected chi connectivity index (χ1v) is 5.92. The molecule has 1 N–H and O–H groups in total. The second-order valence-corrected chi connectivity index (χ2v) is 4.48. The van der Waals surface area contributed by atoms with Gasteiger partial charge in [0.25, 0.3) is 0 Å². The summed E-state index contributed by atoms with van der Waals surface area (Å²) in [7, 11) is 0.